The van der Waals surface area contributed by atoms with Crippen LogP contribution >= 0.6 is 0 Å². The molecule has 3 radical (unpaired) electrons. The lowest BCUT2D eigenvalue weighted by Gasteiger charge is -2.38. The lowest BCUT2D eigenvalue weighted by Crippen LogP contribution is -2.50. The Balaban J connectivity index is 0. The molecular formula is C13H28BN2. The summed E-state index contributed by atoms with van der Waals surface area (Å²) in [6.07, 6.45) is 5.33. The van der Waals surface area contributed by atoms with Crippen molar-refractivity contribution in [1.82, 2.24) is 0 Å². The molecule has 0 aromatic carbocycles. The molecule has 0 aliphatic rings. The van der Waals surface area contributed by atoms with Crippen molar-refractivity contribution >= 4 is 7.85 Å². The van der Waals surface area contributed by atoms with Crippen molar-refractivity contribution in [2.75, 3.05) is 26.2 Å². The Morgan fingerprint density at radius 3 is 1.12 bits per heavy atom. The Morgan fingerprint density at radius 2 is 1.00 bits per heavy atom. The molecule has 0 spiro atoms. The minimum Gasteiger partial charge on any atom is -0.466 e. The lowest BCUT2D eigenvalue weighted by atomic mass is 10.2. The molecule has 0 aliphatic carbocycles. The first kappa shape index (κ1) is 17.9. The van der Waals surface area contributed by atoms with Crippen LogP contribution in [0.5, 0.6) is 0 Å². The normalized spacial score (nSPS) is 10.2. The van der Waals surface area contributed by atoms with Gasteiger partial charge in [0.1, 0.15) is 0 Å². The third-order valence-corrected chi connectivity index (χ3v) is 2.79. The molecule has 16 heavy (non-hydrogen) atoms. The summed E-state index contributed by atoms with van der Waals surface area (Å²) < 4.78 is 1.38. The highest BCUT2D eigenvalue weighted by molar-refractivity contribution is 6.20. The van der Waals surface area contributed by atoms with Crippen LogP contribution in [-0.2, 0) is 0 Å². The van der Waals surface area contributed by atoms with Gasteiger partial charge in [-0.05, 0) is 25.7 Å². The zero-order valence-electron chi connectivity index (χ0n) is 11.6. The van der Waals surface area contributed by atoms with Gasteiger partial charge in [-0.1, -0.05) is 27.7 Å². The number of quaternary nitrogens is 1. The van der Waals surface area contributed by atoms with E-state index in [2.05, 4.69) is 35.5 Å². The van der Waals surface area contributed by atoms with Crippen molar-refractivity contribution in [3.05, 3.63) is 0 Å². The van der Waals surface area contributed by atoms with Crippen molar-refractivity contribution in [2.24, 2.45) is 0 Å². The minimum absolute atomic E-state index is 1.25. The number of nitriles is 1. The second-order valence-corrected chi connectivity index (χ2v) is 4.37. The van der Waals surface area contributed by atoms with Crippen molar-refractivity contribution in [2.45, 2.75) is 53.4 Å². The average molecular weight is 223 g/mol. The summed E-state index contributed by atoms with van der Waals surface area (Å²) in [5, 5.41) is 7.10. The SMILES string of the molecule is CCC[N+](CCC)(CCC)CCC.[B-]C#N. The van der Waals surface area contributed by atoms with Crippen LogP contribution in [0, 0.1) is 11.2 Å². The maximum absolute atomic E-state index is 7.10. The summed E-state index contributed by atoms with van der Waals surface area (Å²) in [5.74, 6) is 1.25. The van der Waals surface area contributed by atoms with E-state index < -0.39 is 0 Å². The van der Waals surface area contributed by atoms with E-state index in [-0.39, 0.29) is 0 Å². The van der Waals surface area contributed by atoms with E-state index in [0.717, 1.165) is 0 Å². The molecule has 0 aromatic rings. The molecule has 2 nitrogen and oxygen atoms in total. The largest absolute Gasteiger partial charge is 0.466 e. The Labute approximate surface area is 104 Å². The molecule has 0 aromatic heterocycles. The molecule has 0 heterocycles. The van der Waals surface area contributed by atoms with E-state index in [0.29, 0.717) is 0 Å². The van der Waals surface area contributed by atoms with Gasteiger partial charge in [0.25, 0.3) is 0 Å². The highest BCUT2D eigenvalue weighted by atomic mass is 15.3. The maximum Gasteiger partial charge on any atom is 0.0783 e. The van der Waals surface area contributed by atoms with Crippen LogP contribution in [0.25, 0.3) is 0 Å². The van der Waals surface area contributed by atoms with Crippen molar-refractivity contribution in [3.63, 3.8) is 0 Å². The van der Waals surface area contributed by atoms with Crippen LogP contribution in [0.3, 0.4) is 0 Å². The molecule has 0 amide bonds. The predicted octanol–water partition coefficient (Wildman–Crippen LogP) is 3.08. The van der Waals surface area contributed by atoms with E-state index in [1.165, 1.54) is 62.3 Å². The zero-order valence-corrected chi connectivity index (χ0v) is 11.6. The van der Waals surface area contributed by atoms with E-state index in [4.69, 9.17) is 5.26 Å². The van der Waals surface area contributed by atoms with Crippen LogP contribution in [0.4, 0.5) is 0 Å². The van der Waals surface area contributed by atoms with E-state index in [9.17, 15) is 0 Å². The summed E-state index contributed by atoms with van der Waals surface area (Å²) >= 11 is 0. The first-order valence-electron chi connectivity index (χ1n) is 6.61. The summed E-state index contributed by atoms with van der Waals surface area (Å²) in [7, 11) is 4.15. The van der Waals surface area contributed by atoms with Gasteiger partial charge in [0.2, 0.25) is 0 Å². The summed E-state index contributed by atoms with van der Waals surface area (Å²) in [5.41, 5.74) is 0. The van der Waals surface area contributed by atoms with Gasteiger partial charge >= 0.3 is 0 Å². The first-order chi connectivity index (χ1) is 7.66. The second-order valence-electron chi connectivity index (χ2n) is 4.37. The fourth-order valence-electron chi connectivity index (χ4n) is 2.57. The number of hydrogen-bond acceptors (Lipinski definition) is 1. The molecular weight excluding hydrogens is 195 g/mol. The van der Waals surface area contributed by atoms with Gasteiger partial charge in [0.15, 0.2) is 0 Å². The van der Waals surface area contributed by atoms with Gasteiger partial charge in [0, 0.05) is 0 Å². The molecule has 0 saturated heterocycles. The number of rotatable bonds is 8. The Kier molecular flexibility index (Phi) is 14.1. The summed E-state index contributed by atoms with van der Waals surface area (Å²) in [6, 6.07) is 0. The molecule has 0 aliphatic heterocycles. The van der Waals surface area contributed by atoms with Crippen LogP contribution < -0.4 is 0 Å². The van der Waals surface area contributed by atoms with Gasteiger partial charge < -0.3 is 12.3 Å². The van der Waals surface area contributed by atoms with Crippen molar-refractivity contribution in [1.29, 1.82) is 5.26 Å². The quantitative estimate of drug-likeness (QED) is 0.458. The van der Waals surface area contributed by atoms with Gasteiger partial charge in [-0.2, -0.15) is 0 Å². The molecule has 0 N–H and O–H groups in total. The highest BCUT2D eigenvalue weighted by Gasteiger charge is 2.22. The summed E-state index contributed by atoms with van der Waals surface area (Å²) in [6.45, 7) is 14.8. The second kappa shape index (κ2) is 12.6. The number of nitrogens with zero attached hydrogens (tertiary/aromatic N) is 2. The van der Waals surface area contributed by atoms with E-state index >= 15 is 0 Å². The Bertz CT molecular complexity index is 146. The van der Waals surface area contributed by atoms with Gasteiger partial charge in [0.05, 0.1) is 26.2 Å². The smallest absolute Gasteiger partial charge is 0.0783 e. The monoisotopic (exact) mass is 223 g/mol. The van der Waals surface area contributed by atoms with Crippen molar-refractivity contribution < 1.29 is 4.48 Å². The Hall–Kier alpha value is -0.485. The van der Waals surface area contributed by atoms with E-state index in [1.807, 2.05) is 0 Å². The van der Waals surface area contributed by atoms with Crippen molar-refractivity contribution in [3.8, 4) is 5.97 Å². The molecule has 0 bridgehead atoms. The van der Waals surface area contributed by atoms with Crippen LogP contribution in [0.15, 0.2) is 0 Å². The molecule has 0 rings (SSSR count). The lowest BCUT2D eigenvalue weighted by molar-refractivity contribution is -0.928. The van der Waals surface area contributed by atoms with Crippen LogP contribution in [0.1, 0.15) is 53.4 Å². The summed E-state index contributed by atoms with van der Waals surface area (Å²) in [4.78, 5) is 0. The third-order valence-electron chi connectivity index (χ3n) is 2.79. The molecule has 93 valence electrons. The third kappa shape index (κ3) is 8.79. The van der Waals surface area contributed by atoms with Gasteiger partial charge in [-0.15, -0.1) is 0 Å². The fraction of sp³-hybridized carbons (Fsp3) is 0.923. The predicted molar refractivity (Wildman–Crippen MR) is 72.3 cm³/mol. The van der Waals surface area contributed by atoms with Crippen LogP contribution in [-0.4, -0.2) is 38.5 Å². The maximum atomic E-state index is 7.10. The standard InChI is InChI=1S/C12H28N.CBN/c1-5-9-13(10-6-2,11-7-3)12-8-4;2-1-3/h5-12H2,1-4H3;/q+1;-1. The molecule has 0 unspecified atom stereocenters. The molecule has 0 fully saturated rings. The first-order valence-corrected chi connectivity index (χ1v) is 6.61. The Morgan fingerprint density at radius 1 is 0.812 bits per heavy atom. The molecule has 3 heteroatoms. The molecule has 0 saturated carbocycles. The minimum atomic E-state index is 1.25. The molecule has 0 atom stereocenters. The zero-order chi connectivity index (χ0) is 12.9. The highest BCUT2D eigenvalue weighted by Crippen LogP contribution is 2.12. The van der Waals surface area contributed by atoms with E-state index in [1.54, 1.807) is 0 Å². The van der Waals surface area contributed by atoms with Crippen LogP contribution in [0.2, 0.25) is 0 Å². The average Bonchev–Trinajstić information content (AvgIpc) is 2.20. The van der Waals surface area contributed by atoms with Gasteiger partial charge in [-0.3, -0.25) is 11.2 Å². The fourth-order valence-corrected chi connectivity index (χ4v) is 2.57. The topological polar surface area (TPSA) is 23.8 Å². The number of hydrogen-bond donors (Lipinski definition) is 0. The van der Waals surface area contributed by atoms with Gasteiger partial charge in [-0.25, -0.2) is 0 Å².